The summed E-state index contributed by atoms with van der Waals surface area (Å²) in [6, 6.07) is 6.33. The van der Waals surface area contributed by atoms with E-state index >= 15 is 0 Å². The summed E-state index contributed by atoms with van der Waals surface area (Å²) in [6.45, 7) is 5.61. The number of rotatable bonds is 7. The van der Waals surface area contributed by atoms with Gasteiger partial charge >= 0.3 is 0 Å². The van der Waals surface area contributed by atoms with Crippen LogP contribution in [0.25, 0.3) is 10.2 Å². The molecule has 28 heavy (non-hydrogen) atoms. The lowest BCUT2D eigenvalue weighted by Crippen LogP contribution is -2.35. The second-order valence-electron chi connectivity index (χ2n) is 7.07. The predicted octanol–water partition coefficient (Wildman–Crippen LogP) is 3.92. The number of nitrogens with zero attached hydrogens (tertiary/aromatic N) is 5. The van der Waals surface area contributed by atoms with Gasteiger partial charge in [-0.15, -0.1) is 12.4 Å². The maximum Gasteiger partial charge on any atom is 0.278 e. The number of aromatic nitrogens is 3. The van der Waals surface area contributed by atoms with Crippen LogP contribution in [-0.2, 0) is 13.5 Å². The minimum absolute atomic E-state index is 0. The van der Waals surface area contributed by atoms with E-state index in [1.165, 1.54) is 5.56 Å². The summed E-state index contributed by atoms with van der Waals surface area (Å²) in [5.41, 5.74) is 3.73. The van der Waals surface area contributed by atoms with Crippen LogP contribution in [0.15, 0.2) is 24.4 Å². The van der Waals surface area contributed by atoms with Gasteiger partial charge in [0.1, 0.15) is 5.69 Å². The number of carbonyl (C=O) groups excluding carboxylic acids is 1. The van der Waals surface area contributed by atoms with Gasteiger partial charge in [-0.25, -0.2) is 4.98 Å². The molecule has 0 N–H and O–H groups in total. The maximum atomic E-state index is 13.3. The molecular formula is C20H28ClN5OS. The Morgan fingerprint density at radius 2 is 2.00 bits per heavy atom. The molecule has 0 saturated carbocycles. The fourth-order valence-corrected chi connectivity index (χ4v) is 4.16. The number of aryl methyl sites for hydroxylation is 3. The molecule has 2 aromatic heterocycles. The Morgan fingerprint density at radius 3 is 2.61 bits per heavy atom. The zero-order chi connectivity index (χ0) is 19.6. The standard InChI is InChI=1S/C20H27N5OS.ClH/c1-6-15-8-9-16-17(12-15)27-20(22-16)25(11-7-10-23(3)4)19(26)18-14(2)13-21-24(18)5;/h8-9,12-13H,6-7,10-11H2,1-5H3;1H. The molecule has 0 aliphatic rings. The molecule has 0 unspecified atom stereocenters. The fourth-order valence-electron chi connectivity index (χ4n) is 3.10. The van der Waals surface area contributed by atoms with Crippen molar-refractivity contribution in [2.75, 3.05) is 32.1 Å². The van der Waals surface area contributed by atoms with Gasteiger partial charge in [-0.3, -0.25) is 14.4 Å². The Balaban J connectivity index is 0.00000280. The minimum Gasteiger partial charge on any atom is -0.309 e. The van der Waals surface area contributed by atoms with Crippen LogP contribution in [0.2, 0.25) is 0 Å². The molecule has 0 saturated heterocycles. The molecule has 3 rings (SSSR count). The molecule has 8 heteroatoms. The number of anilines is 1. The van der Waals surface area contributed by atoms with Crippen molar-refractivity contribution in [1.29, 1.82) is 0 Å². The van der Waals surface area contributed by atoms with Gasteiger partial charge in [-0.05, 0) is 63.7 Å². The molecular weight excluding hydrogens is 394 g/mol. The highest BCUT2D eigenvalue weighted by Crippen LogP contribution is 2.31. The predicted molar refractivity (Wildman–Crippen MR) is 119 cm³/mol. The van der Waals surface area contributed by atoms with Crippen molar-refractivity contribution < 1.29 is 4.79 Å². The van der Waals surface area contributed by atoms with Gasteiger partial charge < -0.3 is 4.90 Å². The number of fused-ring (bicyclic) bond motifs is 1. The molecule has 6 nitrogen and oxygen atoms in total. The number of halogens is 1. The third kappa shape index (κ3) is 4.71. The van der Waals surface area contributed by atoms with Crippen molar-refractivity contribution in [3.05, 3.63) is 41.2 Å². The first kappa shape index (κ1) is 22.3. The second-order valence-corrected chi connectivity index (χ2v) is 8.07. The van der Waals surface area contributed by atoms with Crippen LogP contribution in [0.3, 0.4) is 0 Å². The van der Waals surface area contributed by atoms with Crippen LogP contribution in [0.4, 0.5) is 5.13 Å². The van der Waals surface area contributed by atoms with Crippen molar-refractivity contribution in [3.8, 4) is 0 Å². The monoisotopic (exact) mass is 421 g/mol. The lowest BCUT2D eigenvalue weighted by molar-refractivity contribution is 0.0976. The number of thiazole rings is 1. The largest absolute Gasteiger partial charge is 0.309 e. The maximum absolute atomic E-state index is 13.3. The number of amides is 1. The Bertz CT molecular complexity index is 930. The molecule has 0 aliphatic heterocycles. The summed E-state index contributed by atoms with van der Waals surface area (Å²) < 4.78 is 2.77. The minimum atomic E-state index is -0.0407. The number of hydrogen-bond acceptors (Lipinski definition) is 5. The summed E-state index contributed by atoms with van der Waals surface area (Å²) in [5.74, 6) is -0.0407. The van der Waals surface area contributed by atoms with Crippen LogP contribution in [-0.4, -0.2) is 52.8 Å². The van der Waals surface area contributed by atoms with Crippen LogP contribution in [0.1, 0.15) is 35.0 Å². The number of carbonyl (C=O) groups is 1. The number of hydrogen-bond donors (Lipinski definition) is 0. The van der Waals surface area contributed by atoms with Crippen LogP contribution >= 0.6 is 23.7 Å². The first-order chi connectivity index (χ1) is 12.9. The average Bonchev–Trinajstić information content (AvgIpc) is 3.20. The van der Waals surface area contributed by atoms with E-state index in [0.717, 1.165) is 40.3 Å². The third-order valence-corrected chi connectivity index (χ3v) is 5.68. The summed E-state index contributed by atoms with van der Waals surface area (Å²) in [6.07, 6.45) is 3.60. The molecule has 1 aromatic carbocycles. The lowest BCUT2D eigenvalue weighted by atomic mass is 10.2. The van der Waals surface area contributed by atoms with Crippen LogP contribution < -0.4 is 4.90 Å². The quantitative estimate of drug-likeness (QED) is 0.580. The second kappa shape index (κ2) is 9.49. The average molecular weight is 422 g/mol. The topological polar surface area (TPSA) is 54.3 Å². The lowest BCUT2D eigenvalue weighted by Gasteiger charge is -2.21. The highest BCUT2D eigenvalue weighted by Gasteiger charge is 2.25. The summed E-state index contributed by atoms with van der Waals surface area (Å²) in [7, 11) is 5.90. The zero-order valence-corrected chi connectivity index (χ0v) is 18.7. The molecule has 2 heterocycles. The SMILES string of the molecule is CCc1ccc2nc(N(CCCN(C)C)C(=O)c3c(C)cnn3C)sc2c1.Cl. The van der Waals surface area contributed by atoms with Gasteiger partial charge in [0.05, 0.1) is 16.4 Å². The molecule has 0 bridgehead atoms. The first-order valence-electron chi connectivity index (χ1n) is 9.25. The zero-order valence-electron chi connectivity index (χ0n) is 17.1. The van der Waals surface area contributed by atoms with Gasteiger partial charge in [-0.2, -0.15) is 5.10 Å². The molecule has 0 spiro atoms. The van der Waals surface area contributed by atoms with E-state index in [0.29, 0.717) is 12.2 Å². The van der Waals surface area contributed by atoms with Crippen LogP contribution in [0, 0.1) is 6.92 Å². The van der Waals surface area contributed by atoms with E-state index in [4.69, 9.17) is 4.98 Å². The van der Waals surface area contributed by atoms with Crippen molar-refractivity contribution in [1.82, 2.24) is 19.7 Å². The van der Waals surface area contributed by atoms with E-state index in [1.807, 2.05) is 39.0 Å². The summed E-state index contributed by atoms with van der Waals surface area (Å²) >= 11 is 1.58. The van der Waals surface area contributed by atoms with Gasteiger partial charge in [0.15, 0.2) is 5.13 Å². The van der Waals surface area contributed by atoms with Crippen molar-refractivity contribution in [2.45, 2.75) is 26.7 Å². The molecule has 0 atom stereocenters. The van der Waals surface area contributed by atoms with Gasteiger partial charge in [0, 0.05) is 13.6 Å². The van der Waals surface area contributed by atoms with Crippen molar-refractivity contribution >= 4 is 45.0 Å². The third-order valence-electron chi connectivity index (χ3n) is 4.64. The highest BCUT2D eigenvalue weighted by atomic mass is 35.5. The van der Waals surface area contributed by atoms with Gasteiger partial charge in [-0.1, -0.05) is 24.3 Å². The first-order valence-corrected chi connectivity index (χ1v) is 10.1. The Labute approximate surface area is 176 Å². The van der Waals surface area contributed by atoms with E-state index in [9.17, 15) is 4.79 Å². The normalized spacial score (nSPS) is 11.1. The summed E-state index contributed by atoms with van der Waals surface area (Å²) in [5, 5.41) is 4.98. The van der Waals surface area contributed by atoms with E-state index in [-0.39, 0.29) is 18.3 Å². The van der Waals surface area contributed by atoms with E-state index in [2.05, 4.69) is 29.1 Å². The van der Waals surface area contributed by atoms with Crippen molar-refractivity contribution in [2.24, 2.45) is 7.05 Å². The van der Waals surface area contributed by atoms with Gasteiger partial charge in [0.25, 0.3) is 5.91 Å². The number of benzene rings is 1. The van der Waals surface area contributed by atoms with E-state index < -0.39 is 0 Å². The molecule has 3 aromatic rings. The smallest absolute Gasteiger partial charge is 0.278 e. The molecule has 0 aliphatic carbocycles. The Kier molecular flexibility index (Phi) is 7.57. The Morgan fingerprint density at radius 1 is 1.25 bits per heavy atom. The van der Waals surface area contributed by atoms with Crippen LogP contribution in [0.5, 0.6) is 0 Å². The highest BCUT2D eigenvalue weighted by molar-refractivity contribution is 7.22. The van der Waals surface area contributed by atoms with E-state index in [1.54, 1.807) is 22.2 Å². The molecule has 152 valence electrons. The fraction of sp³-hybridized carbons (Fsp3) is 0.450. The Hall–Kier alpha value is -1.96. The summed E-state index contributed by atoms with van der Waals surface area (Å²) in [4.78, 5) is 22.0. The van der Waals surface area contributed by atoms with Crippen molar-refractivity contribution in [3.63, 3.8) is 0 Å². The van der Waals surface area contributed by atoms with Gasteiger partial charge in [0.2, 0.25) is 0 Å². The molecule has 0 fully saturated rings. The molecule has 0 radical (unpaired) electrons. The molecule has 1 amide bonds.